The number of carbonyl (C=O) groups excluding carboxylic acids is 2. The minimum atomic E-state index is -0.427. The Bertz CT molecular complexity index is 805. The molecule has 0 aromatic carbocycles. The van der Waals surface area contributed by atoms with Crippen molar-refractivity contribution in [2.45, 2.75) is 107 Å². The van der Waals surface area contributed by atoms with Crippen LogP contribution in [0.1, 0.15) is 65.7 Å². The van der Waals surface area contributed by atoms with Crippen LogP contribution in [0.15, 0.2) is 11.6 Å². The predicted octanol–water partition coefficient (Wildman–Crippen LogP) is 2.20. The Hall–Kier alpha value is -1.72. The maximum absolute atomic E-state index is 12.8. The predicted molar refractivity (Wildman–Crippen MR) is 127 cm³/mol. The zero-order valence-corrected chi connectivity index (χ0v) is 21.3. The van der Waals surface area contributed by atoms with Gasteiger partial charge < -0.3 is 34.8 Å². The van der Waals surface area contributed by atoms with Gasteiger partial charge in [-0.1, -0.05) is 11.6 Å². The zero-order chi connectivity index (χ0) is 25.2. The van der Waals surface area contributed by atoms with Gasteiger partial charge in [0.15, 0.2) is 0 Å². The second kappa shape index (κ2) is 10.7. The molecular formula is C25H41N3O7. The third-order valence-corrected chi connectivity index (χ3v) is 8.15. The summed E-state index contributed by atoms with van der Waals surface area (Å²) in [4.78, 5) is 24.4. The van der Waals surface area contributed by atoms with Crippen molar-refractivity contribution in [3.05, 3.63) is 11.6 Å². The smallest absolute Gasteiger partial charge is 0.407 e. The first-order valence-corrected chi connectivity index (χ1v) is 12.8. The van der Waals surface area contributed by atoms with Crippen molar-refractivity contribution in [3.63, 3.8) is 0 Å². The van der Waals surface area contributed by atoms with Crippen LogP contribution < -0.4 is 16.1 Å². The van der Waals surface area contributed by atoms with E-state index in [1.807, 2.05) is 5.48 Å². The molecule has 6 atom stereocenters. The van der Waals surface area contributed by atoms with Gasteiger partial charge in [0, 0.05) is 19.2 Å². The Morgan fingerprint density at radius 3 is 2.34 bits per heavy atom. The van der Waals surface area contributed by atoms with E-state index in [0.29, 0.717) is 13.0 Å². The van der Waals surface area contributed by atoms with E-state index in [1.54, 1.807) is 7.11 Å². The summed E-state index contributed by atoms with van der Waals surface area (Å²) in [5, 5.41) is 14.5. The molecule has 198 valence electrons. The standard InChI is InChI=1S/C25H41N3O7/c1-15(2)5-10-19-24(3,35-19)22-21(32-4)18(11-12-25(22)14-33-25)34-23(30)28-17-8-6-16(7-9-17)27-20(29)13-26-31/h5,16-19,21-22,26,31H,6-14H2,1-4H3,(H,27,29)(H,28,30)/t16?,17?,18?,19-,21?,22?,24?,25+/m1/s1. The summed E-state index contributed by atoms with van der Waals surface area (Å²) in [6.07, 6.45) is 6.60. The summed E-state index contributed by atoms with van der Waals surface area (Å²) in [5.41, 5.74) is 2.52. The SMILES string of the molecule is COC1C(OC(=O)NC2CCC(NC(=O)CNO)CC2)CC[C@]2(CO2)C1C1(C)O[C@@H]1CC=C(C)C. The van der Waals surface area contributed by atoms with Gasteiger partial charge in [0.05, 0.1) is 25.2 Å². The van der Waals surface area contributed by atoms with Crippen molar-refractivity contribution >= 4 is 12.0 Å². The van der Waals surface area contributed by atoms with E-state index in [0.717, 1.165) is 38.5 Å². The van der Waals surface area contributed by atoms with Gasteiger partial charge in [0.2, 0.25) is 5.91 Å². The maximum atomic E-state index is 12.8. The normalized spacial score (nSPS) is 40.0. The molecule has 0 aromatic rings. The van der Waals surface area contributed by atoms with Crippen LogP contribution in [0.25, 0.3) is 0 Å². The Kier molecular flexibility index (Phi) is 8.07. The van der Waals surface area contributed by atoms with E-state index in [2.05, 4.69) is 37.5 Å². The first-order valence-electron chi connectivity index (χ1n) is 12.8. The fourth-order valence-electron chi connectivity index (χ4n) is 6.14. The molecule has 2 saturated heterocycles. The Balaban J connectivity index is 1.30. The first-order chi connectivity index (χ1) is 16.7. The average molecular weight is 496 g/mol. The number of allylic oxidation sites excluding steroid dienone is 1. The highest BCUT2D eigenvalue weighted by molar-refractivity contribution is 5.78. The van der Waals surface area contributed by atoms with Crippen LogP contribution in [0.2, 0.25) is 0 Å². The number of methoxy groups -OCH3 is 1. The fraction of sp³-hybridized carbons (Fsp3) is 0.840. The molecule has 2 saturated carbocycles. The van der Waals surface area contributed by atoms with E-state index in [-0.39, 0.29) is 60.0 Å². The topological polar surface area (TPSA) is 134 Å². The maximum Gasteiger partial charge on any atom is 0.407 e. The Morgan fingerprint density at radius 1 is 1.11 bits per heavy atom. The van der Waals surface area contributed by atoms with Crippen LogP contribution in [0, 0.1) is 5.92 Å². The van der Waals surface area contributed by atoms with Gasteiger partial charge in [-0.15, -0.1) is 0 Å². The molecule has 2 aliphatic heterocycles. The number of amides is 2. The number of hydrogen-bond acceptors (Lipinski definition) is 8. The number of hydroxylamine groups is 1. The van der Waals surface area contributed by atoms with Crippen LogP contribution in [0.5, 0.6) is 0 Å². The molecule has 4 unspecified atom stereocenters. The van der Waals surface area contributed by atoms with Crippen LogP contribution in [-0.4, -0.2) is 79.1 Å². The quantitative estimate of drug-likeness (QED) is 0.217. The van der Waals surface area contributed by atoms with E-state index in [9.17, 15) is 9.59 Å². The van der Waals surface area contributed by atoms with Gasteiger partial charge >= 0.3 is 6.09 Å². The molecule has 4 rings (SSSR count). The van der Waals surface area contributed by atoms with E-state index in [1.165, 1.54) is 5.57 Å². The number of alkyl carbamates (subject to hydrolysis) is 1. The minimum Gasteiger partial charge on any atom is -0.443 e. The number of ether oxygens (including phenoxy) is 4. The molecule has 35 heavy (non-hydrogen) atoms. The Labute approximate surface area is 207 Å². The molecule has 2 amide bonds. The van der Waals surface area contributed by atoms with Crippen molar-refractivity contribution in [1.29, 1.82) is 0 Å². The third kappa shape index (κ3) is 5.99. The molecule has 0 bridgehead atoms. The molecule has 10 nitrogen and oxygen atoms in total. The van der Waals surface area contributed by atoms with E-state index >= 15 is 0 Å². The van der Waals surface area contributed by atoms with Crippen LogP contribution in [0.3, 0.4) is 0 Å². The molecule has 4 N–H and O–H groups in total. The lowest BCUT2D eigenvalue weighted by molar-refractivity contribution is -0.122. The molecular weight excluding hydrogens is 454 g/mol. The Morgan fingerprint density at radius 2 is 1.77 bits per heavy atom. The zero-order valence-electron chi connectivity index (χ0n) is 21.3. The molecule has 2 heterocycles. The second-order valence-electron chi connectivity index (χ2n) is 10.9. The van der Waals surface area contributed by atoms with Crippen LogP contribution in [-0.2, 0) is 23.7 Å². The summed E-state index contributed by atoms with van der Waals surface area (Å²) in [5.74, 6) is -0.246. The molecule has 4 aliphatic rings. The highest BCUT2D eigenvalue weighted by Crippen LogP contribution is 2.59. The summed E-state index contributed by atoms with van der Waals surface area (Å²) in [7, 11) is 1.67. The number of nitrogens with one attached hydrogen (secondary N) is 3. The molecule has 4 fully saturated rings. The van der Waals surface area contributed by atoms with Crippen molar-refractivity contribution in [1.82, 2.24) is 16.1 Å². The van der Waals surface area contributed by atoms with Crippen molar-refractivity contribution in [2.75, 3.05) is 20.3 Å². The molecule has 0 radical (unpaired) electrons. The molecule has 1 spiro atoms. The van der Waals surface area contributed by atoms with Crippen LogP contribution in [0.4, 0.5) is 4.79 Å². The number of hydrogen-bond donors (Lipinski definition) is 4. The van der Waals surface area contributed by atoms with Crippen molar-refractivity contribution in [2.24, 2.45) is 5.92 Å². The van der Waals surface area contributed by atoms with E-state index < -0.39 is 6.09 Å². The lowest BCUT2D eigenvalue weighted by atomic mass is 9.68. The largest absolute Gasteiger partial charge is 0.443 e. The monoisotopic (exact) mass is 495 g/mol. The molecule has 0 aromatic heterocycles. The summed E-state index contributed by atoms with van der Waals surface area (Å²) < 4.78 is 24.1. The molecule has 10 heteroatoms. The van der Waals surface area contributed by atoms with Crippen LogP contribution >= 0.6 is 0 Å². The lowest BCUT2D eigenvalue weighted by Gasteiger charge is -2.42. The summed E-state index contributed by atoms with van der Waals surface area (Å²) >= 11 is 0. The first kappa shape index (κ1) is 26.3. The van der Waals surface area contributed by atoms with Gasteiger partial charge in [-0.05, 0) is 65.7 Å². The minimum absolute atomic E-state index is 0.00263. The summed E-state index contributed by atoms with van der Waals surface area (Å²) in [6.45, 7) is 6.87. The average Bonchev–Trinajstić information content (AvgIpc) is 3.72. The number of epoxide rings is 2. The van der Waals surface area contributed by atoms with Gasteiger partial charge in [0.25, 0.3) is 0 Å². The van der Waals surface area contributed by atoms with Gasteiger partial charge in [-0.3, -0.25) is 4.79 Å². The highest BCUT2D eigenvalue weighted by atomic mass is 16.6. The number of rotatable bonds is 9. The van der Waals surface area contributed by atoms with Crippen molar-refractivity contribution in [3.8, 4) is 0 Å². The van der Waals surface area contributed by atoms with Gasteiger partial charge in [-0.25, -0.2) is 4.79 Å². The fourth-order valence-corrected chi connectivity index (χ4v) is 6.14. The third-order valence-electron chi connectivity index (χ3n) is 8.15. The number of carbonyl (C=O) groups is 2. The second-order valence-corrected chi connectivity index (χ2v) is 10.9. The van der Waals surface area contributed by atoms with E-state index in [4.69, 9.17) is 24.2 Å². The summed E-state index contributed by atoms with van der Waals surface area (Å²) in [6, 6.07) is 0.0537. The van der Waals surface area contributed by atoms with Crippen molar-refractivity contribution < 1.29 is 33.7 Å². The molecule has 2 aliphatic carbocycles. The lowest BCUT2D eigenvalue weighted by Crippen LogP contribution is -2.56. The van der Waals surface area contributed by atoms with Gasteiger partial charge in [-0.2, -0.15) is 5.48 Å². The highest BCUT2D eigenvalue weighted by Gasteiger charge is 2.72. The van der Waals surface area contributed by atoms with Gasteiger partial charge in [0.1, 0.15) is 23.4 Å².